The van der Waals surface area contributed by atoms with Crippen LogP contribution in [0, 0.1) is 5.82 Å². The number of benzene rings is 2. The lowest BCUT2D eigenvalue weighted by atomic mass is 10.0. The minimum atomic E-state index is -0.605. The first-order valence-corrected chi connectivity index (χ1v) is 9.06. The molecule has 2 unspecified atom stereocenters. The Balaban J connectivity index is 1.61. The topological polar surface area (TPSA) is 54.3 Å². The summed E-state index contributed by atoms with van der Waals surface area (Å²) in [7, 11) is 1.56. The summed E-state index contributed by atoms with van der Waals surface area (Å²) < 4.78 is 18.2. The van der Waals surface area contributed by atoms with E-state index in [-0.39, 0.29) is 18.5 Å². The van der Waals surface area contributed by atoms with Crippen LogP contribution in [0.3, 0.4) is 0 Å². The summed E-state index contributed by atoms with van der Waals surface area (Å²) in [5, 5.41) is 14.4. The van der Waals surface area contributed by atoms with Gasteiger partial charge in [-0.2, -0.15) is 0 Å². The number of aliphatic hydroxyl groups is 1. The average molecular weight is 372 g/mol. The molecule has 2 aromatic carbocycles. The van der Waals surface area contributed by atoms with Gasteiger partial charge < -0.3 is 14.7 Å². The molecule has 27 heavy (non-hydrogen) atoms. The van der Waals surface area contributed by atoms with E-state index in [1.807, 2.05) is 30.3 Å². The number of hydrogen-bond donors (Lipinski definition) is 1. The fourth-order valence-electron chi connectivity index (χ4n) is 3.21. The maximum Gasteiger partial charge on any atom is 0.145 e. The molecular weight excluding hydrogens is 347 g/mol. The summed E-state index contributed by atoms with van der Waals surface area (Å²) in [5.74, 6) is -0.259. The zero-order valence-corrected chi connectivity index (χ0v) is 15.4. The molecule has 0 fully saturated rings. The quantitative estimate of drug-likeness (QED) is 0.735. The molecule has 1 N–H and O–H groups in total. The molecule has 0 spiro atoms. The molecule has 0 bridgehead atoms. The van der Waals surface area contributed by atoms with Crippen molar-refractivity contribution >= 4 is 5.71 Å². The lowest BCUT2D eigenvalue weighted by Crippen LogP contribution is -2.39. The Morgan fingerprint density at radius 2 is 1.96 bits per heavy atom. The Hall–Kier alpha value is -2.28. The zero-order valence-electron chi connectivity index (χ0n) is 15.4. The fourth-order valence-corrected chi connectivity index (χ4v) is 3.21. The minimum absolute atomic E-state index is 0.0876. The number of nitrogens with zero attached hydrogens (tertiary/aromatic N) is 2. The van der Waals surface area contributed by atoms with Crippen LogP contribution in [0.4, 0.5) is 4.39 Å². The Morgan fingerprint density at radius 1 is 1.22 bits per heavy atom. The number of aliphatic hydroxyl groups excluding tert-OH is 1. The van der Waals surface area contributed by atoms with Gasteiger partial charge in [0.1, 0.15) is 11.9 Å². The van der Waals surface area contributed by atoms with Gasteiger partial charge in [0.15, 0.2) is 0 Å². The van der Waals surface area contributed by atoms with Gasteiger partial charge >= 0.3 is 0 Å². The first-order chi connectivity index (χ1) is 13.1. The van der Waals surface area contributed by atoms with Crippen LogP contribution in [0.1, 0.15) is 17.5 Å². The smallest absolute Gasteiger partial charge is 0.145 e. The first-order valence-electron chi connectivity index (χ1n) is 9.06. The van der Waals surface area contributed by atoms with Gasteiger partial charge in [0.25, 0.3) is 0 Å². The molecule has 1 heterocycles. The second-order valence-corrected chi connectivity index (χ2v) is 6.77. The molecule has 2 aromatic rings. The second-order valence-electron chi connectivity index (χ2n) is 6.77. The molecule has 0 amide bonds. The second kappa shape index (κ2) is 9.60. The van der Waals surface area contributed by atoms with E-state index in [1.54, 1.807) is 19.2 Å². The van der Waals surface area contributed by atoms with Gasteiger partial charge in [-0.1, -0.05) is 47.6 Å². The van der Waals surface area contributed by atoms with E-state index < -0.39 is 6.10 Å². The standard InChI is InChI=1S/C21H25FN2O3/c1-26-15-19(25)13-24(12-16-7-9-18(22)10-8-16)14-20-11-21(23-27-20)17-5-3-2-4-6-17/h2-10,19-20,25H,11-15H2,1H3. The third kappa shape index (κ3) is 5.85. The highest BCUT2D eigenvalue weighted by atomic mass is 19.1. The van der Waals surface area contributed by atoms with Gasteiger partial charge in [-0.25, -0.2) is 4.39 Å². The molecule has 0 saturated carbocycles. The highest BCUT2D eigenvalue weighted by Crippen LogP contribution is 2.19. The van der Waals surface area contributed by atoms with Crippen LogP contribution in [-0.4, -0.2) is 54.7 Å². The molecule has 1 aliphatic heterocycles. The number of methoxy groups -OCH3 is 1. The molecule has 3 rings (SSSR count). The third-order valence-electron chi connectivity index (χ3n) is 4.45. The SMILES string of the molecule is COCC(O)CN(Cc1ccc(F)cc1)CC1CC(c2ccccc2)=NO1. The third-order valence-corrected chi connectivity index (χ3v) is 4.45. The summed E-state index contributed by atoms with van der Waals surface area (Å²) >= 11 is 0. The van der Waals surface area contributed by atoms with Crippen molar-refractivity contribution in [1.29, 1.82) is 0 Å². The fraction of sp³-hybridized carbons (Fsp3) is 0.381. The Bertz CT molecular complexity index is 737. The Kier molecular flexibility index (Phi) is 6.92. The molecule has 2 atom stereocenters. The maximum atomic E-state index is 13.2. The summed E-state index contributed by atoms with van der Waals surface area (Å²) in [6.07, 6.45) is 0.0198. The summed E-state index contributed by atoms with van der Waals surface area (Å²) in [5.41, 5.74) is 2.97. The summed E-state index contributed by atoms with van der Waals surface area (Å²) in [6, 6.07) is 16.4. The van der Waals surface area contributed by atoms with Crippen LogP contribution in [-0.2, 0) is 16.1 Å². The highest BCUT2D eigenvalue weighted by Gasteiger charge is 2.25. The van der Waals surface area contributed by atoms with Crippen LogP contribution in [0.5, 0.6) is 0 Å². The molecule has 1 aliphatic rings. The van der Waals surface area contributed by atoms with Crippen molar-refractivity contribution in [3.63, 3.8) is 0 Å². The van der Waals surface area contributed by atoms with E-state index in [1.165, 1.54) is 12.1 Å². The van der Waals surface area contributed by atoms with Gasteiger partial charge in [0.2, 0.25) is 0 Å². The van der Waals surface area contributed by atoms with Gasteiger partial charge in [-0.05, 0) is 23.3 Å². The van der Waals surface area contributed by atoms with Gasteiger partial charge in [-0.3, -0.25) is 4.90 Å². The monoisotopic (exact) mass is 372 g/mol. The first kappa shape index (κ1) is 19.5. The van der Waals surface area contributed by atoms with E-state index >= 15 is 0 Å². The number of ether oxygens (including phenoxy) is 1. The van der Waals surface area contributed by atoms with E-state index in [0.717, 1.165) is 16.8 Å². The van der Waals surface area contributed by atoms with Crippen molar-refractivity contribution < 1.29 is 19.1 Å². The molecular formula is C21H25FN2O3. The maximum absolute atomic E-state index is 13.2. The molecule has 5 nitrogen and oxygen atoms in total. The van der Waals surface area contributed by atoms with Crippen LogP contribution in [0.15, 0.2) is 59.8 Å². The summed E-state index contributed by atoms with van der Waals surface area (Å²) in [6.45, 7) is 1.89. The van der Waals surface area contributed by atoms with Crippen LogP contribution in [0.25, 0.3) is 0 Å². The zero-order chi connectivity index (χ0) is 19.1. The van der Waals surface area contributed by atoms with E-state index in [9.17, 15) is 9.50 Å². The minimum Gasteiger partial charge on any atom is -0.390 e. The van der Waals surface area contributed by atoms with E-state index in [4.69, 9.17) is 9.57 Å². The number of oxime groups is 1. The average Bonchev–Trinajstić information content (AvgIpc) is 3.13. The van der Waals surface area contributed by atoms with Gasteiger partial charge in [-0.15, -0.1) is 0 Å². The highest BCUT2D eigenvalue weighted by molar-refractivity contribution is 6.01. The van der Waals surface area contributed by atoms with Crippen molar-refractivity contribution in [1.82, 2.24) is 4.90 Å². The van der Waals surface area contributed by atoms with Crippen molar-refractivity contribution in [2.24, 2.45) is 5.16 Å². The number of halogens is 1. The normalized spacial score (nSPS) is 17.6. The molecule has 6 heteroatoms. The molecule has 0 aliphatic carbocycles. The number of rotatable bonds is 9. The molecule has 0 aromatic heterocycles. The predicted octanol–water partition coefficient (Wildman–Crippen LogP) is 2.83. The van der Waals surface area contributed by atoms with E-state index in [2.05, 4.69) is 10.1 Å². The van der Waals surface area contributed by atoms with Crippen LogP contribution < -0.4 is 0 Å². The van der Waals surface area contributed by atoms with Gasteiger partial charge in [0, 0.05) is 33.2 Å². The molecule has 0 saturated heterocycles. The largest absolute Gasteiger partial charge is 0.390 e. The number of hydrogen-bond acceptors (Lipinski definition) is 5. The van der Waals surface area contributed by atoms with Crippen LogP contribution in [0.2, 0.25) is 0 Å². The Labute approximate surface area is 159 Å². The van der Waals surface area contributed by atoms with Crippen molar-refractivity contribution in [3.8, 4) is 0 Å². The molecule has 0 radical (unpaired) electrons. The Morgan fingerprint density at radius 3 is 2.67 bits per heavy atom. The van der Waals surface area contributed by atoms with Gasteiger partial charge in [0.05, 0.1) is 18.4 Å². The lowest BCUT2D eigenvalue weighted by molar-refractivity contribution is 0.00921. The predicted molar refractivity (Wildman–Crippen MR) is 102 cm³/mol. The summed E-state index contributed by atoms with van der Waals surface area (Å²) in [4.78, 5) is 7.71. The van der Waals surface area contributed by atoms with Crippen molar-refractivity contribution in [3.05, 3.63) is 71.5 Å². The molecule has 144 valence electrons. The van der Waals surface area contributed by atoms with E-state index in [0.29, 0.717) is 26.1 Å². The van der Waals surface area contributed by atoms with Crippen LogP contribution >= 0.6 is 0 Å². The van der Waals surface area contributed by atoms with Crippen molar-refractivity contribution in [2.75, 3.05) is 26.8 Å². The lowest BCUT2D eigenvalue weighted by Gasteiger charge is -2.26. The van der Waals surface area contributed by atoms with Crippen molar-refractivity contribution in [2.45, 2.75) is 25.2 Å².